The maximum Gasteiger partial charge on any atom is 0.261 e. The van der Waals surface area contributed by atoms with Crippen LogP contribution in [0.4, 0.5) is 0 Å². The zero-order valence-electron chi connectivity index (χ0n) is 16.3. The Morgan fingerprint density at radius 2 is 1.96 bits per heavy atom. The number of halogens is 1. The maximum absolute atomic E-state index is 12.4. The van der Waals surface area contributed by atoms with Gasteiger partial charge in [0.2, 0.25) is 0 Å². The van der Waals surface area contributed by atoms with Crippen molar-refractivity contribution in [3.8, 4) is 11.5 Å². The Hall–Kier alpha value is -2.20. The highest BCUT2D eigenvalue weighted by Crippen LogP contribution is 2.22. The van der Waals surface area contributed by atoms with E-state index in [2.05, 4.69) is 11.4 Å². The molecule has 27 heavy (non-hydrogen) atoms. The summed E-state index contributed by atoms with van der Waals surface area (Å²) < 4.78 is 11.5. The minimum Gasteiger partial charge on any atom is -0.494 e. The lowest BCUT2D eigenvalue weighted by atomic mass is 10.1. The third-order valence-electron chi connectivity index (χ3n) is 4.27. The molecule has 0 aromatic heterocycles. The van der Waals surface area contributed by atoms with Gasteiger partial charge in [0.1, 0.15) is 11.5 Å². The molecule has 146 valence electrons. The first-order chi connectivity index (χ1) is 13.0. The van der Waals surface area contributed by atoms with E-state index in [9.17, 15) is 4.79 Å². The van der Waals surface area contributed by atoms with E-state index in [0.29, 0.717) is 30.3 Å². The summed E-state index contributed by atoms with van der Waals surface area (Å²) in [6.07, 6.45) is 1.78. The van der Waals surface area contributed by atoms with Gasteiger partial charge in [-0.2, -0.15) is 0 Å². The van der Waals surface area contributed by atoms with Gasteiger partial charge in [0, 0.05) is 11.6 Å². The van der Waals surface area contributed by atoms with Crippen LogP contribution in [0.1, 0.15) is 37.8 Å². The summed E-state index contributed by atoms with van der Waals surface area (Å²) in [5.41, 5.74) is 2.09. The minimum absolute atomic E-state index is 0.0943. The number of benzene rings is 2. The molecule has 0 radical (unpaired) electrons. The Morgan fingerprint density at radius 3 is 2.67 bits per heavy atom. The summed E-state index contributed by atoms with van der Waals surface area (Å²) in [6.45, 7) is 7.07. The maximum atomic E-state index is 12.4. The fraction of sp³-hybridized carbons (Fsp3) is 0.409. The van der Waals surface area contributed by atoms with Crippen molar-refractivity contribution in [2.75, 3.05) is 13.2 Å². The van der Waals surface area contributed by atoms with E-state index in [0.717, 1.165) is 29.7 Å². The molecule has 0 fully saturated rings. The largest absolute Gasteiger partial charge is 0.494 e. The molecule has 0 aliphatic heterocycles. The first kappa shape index (κ1) is 21.1. The van der Waals surface area contributed by atoms with Crippen LogP contribution in [0.15, 0.2) is 42.5 Å². The lowest BCUT2D eigenvalue weighted by molar-refractivity contribution is -0.128. The van der Waals surface area contributed by atoms with Crippen molar-refractivity contribution in [3.05, 3.63) is 58.6 Å². The number of hydrogen-bond acceptors (Lipinski definition) is 3. The standard InChI is InChI=1S/C22H28ClNO3/c1-4-20(27-18-12-13-19(23)16(3)15-18)22(25)24-14-8-10-17-9-6-7-11-21(17)26-5-2/h6-7,9,11-13,15,20H,4-5,8,10,14H2,1-3H3,(H,24,25). The highest BCUT2D eigenvalue weighted by molar-refractivity contribution is 6.31. The van der Waals surface area contributed by atoms with Gasteiger partial charge in [0.05, 0.1) is 6.61 Å². The Balaban J connectivity index is 1.82. The number of carbonyl (C=O) groups excluding carboxylic acids is 1. The summed E-state index contributed by atoms with van der Waals surface area (Å²) in [4.78, 5) is 12.4. The highest BCUT2D eigenvalue weighted by Gasteiger charge is 2.18. The van der Waals surface area contributed by atoms with Crippen LogP contribution < -0.4 is 14.8 Å². The number of para-hydroxylation sites is 1. The molecule has 0 spiro atoms. The van der Waals surface area contributed by atoms with E-state index in [1.54, 1.807) is 12.1 Å². The summed E-state index contributed by atoms with van der Waals surface area (Å²) in [5.74, 6) is 1.48. The first-order valence-corrected chi connectivity index (χ1v) is 9.84. The normalized spacial score (nSPS) is 11.7. The fourth-order valence-electron chi connectivity index (χ4n) is 2.79. The lowest BCUT2D eigenvalue weighted by Gasteiger charge is -2.18. The van der Waals surface area contributed by atoms with Gasteiger partial charge in [0.25, 0.3) is 5.91 Å². The van der Waals surface area contributed by atoms with Gasteiger partial charge in [-0.3, -0.25) is 4.79 Å². The third kappa shape index (κ3) is 6.47. The van der Waals surface area contributed by atoms with Gasteiger partial charge in [-0.15, -0.1) is 0 Å². The molecule has 5 heteroatoms. The Labute approximate surface area is 166 Å². The number of nitrogens with one attached hydrogen (secondary N) is 1. The molecule has 1 amide bonds. The second kappa shape index (κ2) is 10.8. The van der Waals surface area contributed by atoms with Crippen molar-refractivity contribution >= 4 is 17.5 Å². The van der Waals surface area contributed by atoms with Crippen LogP contribution in [-0.4, -0.2) is 25.2 Å². The quantitative estimate of drug-likeness (QED) is 0.584. The number of amides is 1. The second-order valence-corrected chi connectivity index (χ2v) is 6.77. The molecule has 0 bridgehead atoms. The van der Waals surface area contributed by atoms with Gasteiger partial charge < -0.3 is 14.8 Å². The molecule has 4 nitrogen and oxygen atoms in total. The summed E-state index contributed by atoms with van der Waals surface area (Å²) >= 11 is 6.04. The average Bonchev–Trinajstić information content (AvgIpc) is 2.67. The molecular weight excluding hydrogens is 362 g/mol. The predicted molar refractivity (Wildman–Crippen MR) is 110 cm³/mol. The smallest absolute Gasteiger partial charge is 0.261 e. The summed E-state index contributed by atoms with van der Waals surface area (Å²) in [5, 5.41) is 3.66. The van der Waals surface area contributed by atoms with Gasteiger partial charge in [0.15, 0.2) is 6.10 Å². The van der Waals surface area contributed by atoms with Crippen LogP contribution in [0.25, 0.3) is 0 Å². The van der Waals surface area contributed by atoms with Crippen molar-refractivity contribution in [1.82, 2.24) is 5.32 Å². The fourth-order valence-corrected chi connectivity index (χ4v) is 2.91. The van der Waals surface area contributed by atoms with Crippen LogP contribution in [0.3, 0.4) is 0 Å². The molecule has 0 heterocycles. The lowest BCUT2D eigenvalue weighted by Crippen LogP contribution is -2.38. The van der Waals surface area contributed by atoms with Crippen molar-refractivity contribution in [3.63, 3.8) is 0 Å². The zero-order valence-corrected chi connectivity index (χ0v) is 17.0. The van der Waals surface area contributed by atoms with Crippen LogP contribution in [-0.2, 0) is 11.2 Å². The topological polar surface area (TPSA) is 47.6 Å². The van der Waals surface area contributed by atoms with E-state index in [-0.39, 0.29) is 5.91 Å². The van der Waals surface area contributed by atoms with Crippen molar-refractivity contribution < 1.29 is 14.3 Å². The van der Waals surface area contributed by atoms with Crippen LogP contribution in [0, 0.1) is 6.92 Å². The highest BCUT2D eigenvalue weighted by atomic mass is 35.5. The average molecular weight is 390 g/mol. The monoisotopic (exact) mass is 389 g/mol. The van der Waals surface area contributed by atoms with Crippen LogP contribution >= 0.6 is 11.6 Å². The molecule has 1 atom stereocenters. The number of ether oxygens (including phenoxy) is 2. The predicted octanol–water partition coefficient (Wildman–Crippen LogP) is 4.95. The summed E-state index contributed by atoms with van der Waals surface area (Å²) in [7, 11) is 0. The molecule has 2 aromatic rings. The molecular formula is C22H28ClNO3. The molecule has 0 saturated carbocycles. The van der Waals surface area contributed by atoms with Crippen molar-refractivity contribution in [1.29, 1.82) is 0 Å². The van der Waals surface area contributed by atoms with E-state index in [4.69, 9.17) is 21.1 Å². The van der Waals surface area contributed by atoms with Gasteiger partial charge in [-0.1, -0.05) is 36.7 Å². The number of hydrogen-bond donors (Lipinski definition) is 1. The van der Waals surface area contributed by atoms with E-state index in [1.807, 2.05) is 45.0 Å². The number of carbonyl (C=O) groups is 1. The van der Waals surface area contributed by atoms with Crippen LogP contribution in [0.2, 0.25) is 5.02 Å². The van der Waals surface area contributed by atoms with Crippen LogP contribution in [0.5, 0.6) is 11.5 Å². The molecule has 2 aromatic carbocycles. The van der Waals surface area contributed by atoms with E-state index in [1.165, 1.54) is 0 Å². The van der Waals surface area contributed by atoms with E-state index < -0.39 is 6.10 Å². The number of aryl methyl sites for hydroxylation is 2. The van der Waals surface area contributed by atoms with Crippen molar-refractivity contribution in [2.45, 2.75) is 46.1 Å². The Kier molecular flexibility index (Phi) is 8.46. The SMILES string of the molecule is CCOc1ccccc1CCCNC(=O)C(CC)Oc1ccc(Cl)c(C)c1. The molecule has 0 aliphatic rings. The van der Waals surface area contributed by atoms with Gasteiger partial charge in [-0.25, -0.2) is 0 Å². The molecule has 2 rings (SSSR count). The van der Waals surface area contributed by atoms with Gasteiger partial charge >= 0.3 is 0 Å². The Bertz CT molecular complexity index is 748. The molecule has 0 aliphatic carbocycles. The zero-order chi connectivity index (χ0) is 19.6. The Morgan fingerprint density at radius 1 is 1.19 bits per heavy atom. The third-order valence-corrected chi connectivity index (χ3v) is 4.69. The molecule has 0 saturated heterocycles. The van der Waals surface area contributed by atoms with Gasteiger partial charge in [-0.05, 0) is 68.5 Å². The molecule has 1 N–H and O–H groups in total. The minimum atomic E-state index is -0.513. The first-order valence-electron chi connectivity index (χ1n) is 9.46. The van der Waals surface area contributed by atoms with E-state index >= 15 is 0 Å². The second-order valence-electron chi connectivity index (χ2n) is 6.36. The number of rotatable bonds is 10. The summed E-state index contributed by atoms with van der Waals surface area (Å²) in [6, 6.07) is 13.4. The molecule has 1 unspecified atom stereocenters. The van der Waals surface area contributed by atoms with Crippen molar-refractivity contribution in [2.24, 2.45) is 0 Å².